The minimum atomic E-state index is -2.97. The molecule has 2 unspecified atom stereocenters. The number of Topliss-reactive ketones (excluding diaryl/α,β-unsaturated/α-hetero) is 1. The van der Waals surface area contributed by atoms with E-state index in [0.29, 0.717) is 18.4 Å². The second kappa shape index (κ2) is 4.44. The SMILES string of the molecule is O=C(c1ccc2occc2c1)C1CC2CCC(C1)S2(=O)=O. The summed E-state index contributed by atoms with van der Waals surface area (Å²) in [5.74, 6) is -0.0831. The monoisotopic (exact) mass is 304 g/mol. The van der Waals surface area contributed by atoms with Crippen LogP contribution in [-0.2, 0) is 9.84 Å². The fraction of sp³-hybridized carbons (Fsp3) is 0.438. The van der Waals surface area contributed by atoms with Gasteiger partial charge in [0.1, 0.15) is 5.58 Å². The number of carbonyl (C=O) groups excluding carboxylic acids is 1. The molecule has 1 aromatic carbocycles. The molecular formula is C16H16O4S. The summed E-state index contributed by atoms with van der Waals surface area (Å²) in [6.45, 7) is 0. The zero-order valence-corrected chi connectivity index (χ0v) is 12.3. The lowest BCUT2D eigenvalue weighted by atomic mass is 9.90. The first-order valence-corrected chi connectivity index (χ1v) is 8.91. The van der Waals surface area contributed by atoms with E-state index in [-0.39, 0.29) is 22.2 Å². The summed E-state index contributed by atoms with van der Waals surface area (Å²) in [6, 6.07) is 7.25. The van der Waals surface area contributed by atoms with Crippen molar-refractivity contribution >= 4 is 26.6 Å². The molecule has 0 radical (unpaired) electrons. The zero-order chi connectivity index (χ0) is 14.6. The van der Waals surface area contributed by atoms with Crippen LogP contribution in [0.25, 0.3) is 11.0 Å². The summed E-state index contributed by atoms with van der Waals surface area (Å²) < 4.78 is 29.5. The number of hydrogen-bond acceptors (Lipinski definition) is 4. The summed E-state index contributed by atoms with van der Waals surface area (Å²) in [6.07, 6.45) is 4.02. The Morgan fingerprint density at radius 1 is 1.10 bits per heavy atom. The van der Waals surface area contributed by atoms with E-state index < -0.39 is 9.84 Å². The fourth-order valence-corrected chi connectivity index (χ4v) is 6.25. The van der Waals surface area contributed by atoms with Gasteiger partial charge in [0.15, 0.2) is 15.6 Å². The Bertz CT molecular complexity index is 798. The first kappa shape index (κ1) is 13.1. The number of carbonyl (C=O) groups is 1. The van der Waals surface area contributed by atoms with Gasteiger partial charge in [-0.15, -0.1) is 0 Å². The number of furan rings is 1. The molecule has 5 heteroatoms. The Labute approximate surface area is 123 Å². The van der Waals surface area contributed by atoms with Crippen molar-refractivity contribution in [2.75, 3.05) is 0 Å². The third-order valence-corrected chi connectivity index (χ3v) is 7.66. The van der Waals surface area contributed by atoms with Crippen LogP contribution in [-0.4, -0.2) is 24.7 Å². The molecule has 2 aromatic rings. The predicted molar refractivity (Wildman–Crippen MR) is 79.0 cm³/mol. The maximum Gasteiger partial charge on any atom is 0.166 e. The predicted octanol–water partition coefficient (Wildman–Crippen LogP) is 2.97. The topological polar surface area (TPSA) is 64.3 Å². The summed E-state index contributed by atoms with van der Waals surface area (Å²) in [4.78, 5) is 12.7. The molecular weight excluding hydrogens is 288 g/mol. The molecule has 4 rings (SSSR count). The maximum atomic E-state index is 12.7. The van der Waals surface area contributed by atoms with E-state index in [4.69, 9.17) is 4.42 Å². The molecule has 3 heterocycles. The molecule has 21 heavy (non-hydrogen) atoms. The lowest BCUT2D eigenvalue weighted by Crippen LogP contribution is -2.36. The number of rotatable bonds is 2. The van der Waals surface area contributed by atoms with E-state index in [1.807, 2.05) is 12.1 Å². The molecule has 2 saturated heterocycles. The summed E-state index contributed by atoms with van der Waals surface area (Å²) in [7, 11) is -2.97. The van der Waals surface area contributed by atoms with Crippen LogP contribution in [0.1, 0.15) is 36.0 Å². The average molecular weight is 304 g/mol. The minimum Gasteiger partial charge on any atom is -0.464 e. The second-order valence-corrected chi connectivity index (χ2v) is 8.63. The van der Waals surface area contributed by atoms with Crippen LogP contribution in [0.5, 0.6) is 0 Å². The maximum absolute atomic E-state index is 12.7. The summed E-state index contributed by atoms with van der Waals surface area (Å²) in [5.41, 5.74) is 1.42. The van der Waals surface area contributed by atoms with Crippen LogP contribution in [0, 0.1) is 5.92 Å². The highest BCUT2D eigenvalue weighted by Gasteiger charge is 2.48. The van der Waals surface area contributed by atoms with Crippen molar-refractivity contribution in [2.24, 2.45) is 5.92 Å². The fourth-order valence-electron chi connectivity index (χ4n) is 3.78. The number of hydrogen-bond donors (Lipinski definition) is 0. The van der Waals surface area contributed by atoms with Gasteiger partial charge in [0.05, 0.1) is 16.8 Å². The Morgan fingerprint density at radius 3 is 2.52 bits per heavy atom. The smallest absolute Gasteiger partial charge is 0.166 e. The van der Waals surface area contributed by atoms with Crippen LogP contribution < -0.4 is 0 Å². The van der Waals surface area contributed by atoms with E-state index in [0.717, 1.165) is 23.8 Å². The van der Waals surface area contributed by atoms with E-state index in [9.17, 15) is 13.2 Å². The largest absolute Gasteiger partial charge is 0.464 e. The molecule has 1 aromatic heterocycles. The number of sulfone groups is 1. The van der Waals surface area contributed by atoms with Crippen LogP contribution in [0.2, 0.25) is 0 Å². The average Bonchev–Trinajstić information content (AvgIpc) is 2.94. The van der Waals surface area contributed by atoms with Crippen molar-refractivity contribution in [3.63, 3.8) is 0 Å². The molecule has 0 aliphatic carbocycles. The highest BCUT2D eigenvalue weighted by Crippen LogP contribution is 2.42. The normalized spacial score (nSPS) is 30.6. The highest BCUT2D eigenvalue weighted by atomic mass is 32.2. The Hall–Kier alpha value is -1.62. The van der Waals surface area contributed by atoms with Crippen molar-refractivity contribution in [1.82, 2.24) is 0 Å². The van der Waals surface area contributed by atoms with Gasteiger partial charge in [-0.1, -0.05) is 0 Å². The molecule has 110 valence electrons. The van der Waals surface area contributed by atoms with E-state index in [2.05, 4.69) is 0 Å². The van der Waals surface area contributed by atoms with Crippen LogP contribution in [0.3, 0.4) is 0 Å². The van der Waals surface area contributed by atoms with Gasteiger partial charge in [-0.2, -0.15) is 0 Å². The van der Waals surface area contributed by atoms with Gasteiger partial charge in [0.2, 0.25) is 0 Å². The van der Waals surface area contributed by atoms with Gasteiger partial charge >= 0.3 is 0 Å². The minimum absolute atomic E-state index is 0.0740. The van der Waals surface area contributed by atoms with Gasteiger partial charge < -0.3 is 4.42 Å². The van der Waals surface area contributed by atoms with E-state index >= 15 is 0 Å². The van der Waals surface area contributed by atoms with Gasteiger partial charge in [-0.05, 0) is 49.9 Å². The van der Waals surface area contributed by atoms with Gasteiger partial charge in [-0.25, -0.2) is 8.42 Å². The highest BCUT2D eigenvalue weighted by molar-refractivity contribution is 7.93. The van der Waals surface area contributed by atoms with Crippen LogP contribution >= 0.6 is 0 Å². The van der Waals surface area contributed by atoms with Gasteiger partial charge in [0.25, 0.3) is 0 Å². The lowest BCUT2D eigenvalue weighted by Gasteiger charge is -2.26. The summed E-state index contributed by atoms with van der Waals surface area (Å²) >= 11 is 0. The second-order valence-electron chi connectivity index (χ2n) is 6.12. The van der Waals surface area contributed by atoms with Crippen molar-refractivity contribution in [3.8, 4) is 0 Å². The molecule has 0 amide bonds. The molecule has 0 N–H and O–H groups in total. The molecule has 2 aliphatic rings. The molecule has 2 bridgehead atoms. The third kappa shape index (κ3) is 1.94. The van der Waals surface area contributed by atoms with Crippen molar-refractivity contribution in [1.29, 1.82) is 0 Å². The van der Waals surface area contributed by atoms with Crippen LogP contribution in [0.15, 0.2) is 34.9 Å². The molecule has 2 atom stereocenters. The molecule has 2 fully saturated rings. The van der Waals surface area contributed by atoms with Crippen molar-refractivity contribution in [2.45, 2.75) is 36.2 Å². The number of benzene rings is 1. The Morgan fingerprint density at radius 2 is 1.81 bits per heavy atom. The van der Waals surface area contributed by atoms with Crippen molar-refractivity contribution in [3.05, 3.63) is 36.1 Å². The van der Waals surface area contributed by atoms with E-state index in [1.165, 1.54) is 0 Å². The Kier molecular flexibility index (Phi) is 2.76. The number of fused-ring (bicyclic) bond motifs is 3. The quantitative estimate of drug-likeness (QED) is 0.800. The van der Waals surface area contributed by atoms with Crippen molar-refractivity contribution < 1.29 is 17.6 Å². The first-order chi connectivity index (χ1) is 10.1. The molecule has 4 nitrogen and oxygen atoms in total. The van der Waals surface area contributed by atoms with E-state index in [1.54, 1.807) is 18.4 Å². The first-order valence-electron chi connectivity index (χ1n) is 7.30. The molecule has 0 saturated carbocycles. The lowest BCUT2D eigenvalue weighted by molar-refractivity contribution is 0.0905. The van der Waals surface area contributed by atoms with Gasteiger partial charge in [0, 0.05) is 16.9 Å². The molecule has 0 spiro atoms. The standard InChI is InChI=1S/C16H16O4S/c17-16(11-1-4-15-10(7-11)5-6-20-15)12-8-13-2-3-14(9-12)21(13,18)19/h1,4-7,12-14H,2-3,8-9H2. The molecule has 2 aliphatic heterocycles. The number of ketones is 1. The van der Waals surface area contributed by atoms with Crippen LogP contribution in [0.4, 0.5) is 0 Å². The third-order valence-electron chi connectivity index (χ3n) is 4.94. The Balaban J connectivity index is 1.63. The zero-order valence-electron chi connectivity index (χ0n) is 11.5. The van der Waals surface area contributed by atoms with Gasteiger partial charge in [-0.3, -0.25) is 4.79 Å². The summed E-state index contributed by atoms with van der Waals surface area (Å²) in [5, 5.41) is 0.304.